The van der Waals surface area contributed by atoms with E-state index in [0.717, 1.165) is 0 Å². The van der Waals surface area contributed by atoms with Gasteiger partial charge in [0.2, 0.25) is 0 Å². The molecule has 0 unspecified atom stereocenters. The fourth-order valence-corrected chi connectivity index (χ4v) is 0.945. The SMILES string of the molecule is CC1NN(C)C(=O)N(C)N1. The Kier molecular flexibility index (Phi) is 1.78. The highest BCUT2D eigenvalue weighted by atomic mass is 16.2. The average Bonchev–Trinajstić information content (AvgIpc) is 1.82. The number of nitrogens with zero attached hydrogens (tertiary/aromatic N) is 2. The van der Waals surface area contributed by atoms with Crippen LogP contribution in [0.5, 0.6) is 0 Å². The van der Waals surface area contributed by atoms with Crippen LogP contribution in [0.4, 0.5) is 4.79 Å². The van der Waals surface area contributed by atoms with Crippen molar-refractivity contribution in [1.82, 2.24) is 20.9 Å². The van der Waals surface area contributed by atoms with E-state index in [0.29, 0.717) is 0 Å². The Morgan fingerprint density at radius 2 is 1.70 bits per heavy atom. The maximum atomic E-state index is 11.0. The minimum absolute atomic E-state index is 0.0851. The second kappa shape index (κ2) is 2.43. The van der Waals surface area contributed by atoms with Crippen molar-refractivity contribution < 1.29 is 4.79 Å². The van der Waals surface area contributed by atoms with Crippen LogP contribution in [0.25, 0.3) is 0 Å². The van der Waals surface area contributed by atoms with E-state index in [1.165, 1.54) is 10.0 Å². The number of urea groups is 1. The summed E-state index contributed by atoms with van der Waals surface area (Å²) in [5.41, 5.74) is 5.78. The number of carbonyl (C=O) groups excluding carboxylic acids is 1. The summed E-state index contributed by atoms with van der Waals surface area (Å²) in [4.78, 5) is 11.0. The van der Waals surface area contributed by atoms with E-state index < -0.39 is 0 Å². The molecule has 1 saturated heterocycles. The smallest absolute Gasteiger partial charge is 0.260 e. The number of amides is 2. The van der Waals surface area contributed by atoms with Gasteiger partial charge in [0.15, 0.2) is 0 Å². The second-order valence-electron chi connectivity index (χ2n) is 2.38. The number of carbonyl (C=O) groups is 1. The fraction of sp³-hybridized carbons (Fsp3) is 0.800. The van der Waals surface area contributed by atoms with Gasteiger partial charge < -0.3 is 0 Å². The van der Waals surface area contributed by atoms with Gasteiger partial charge in [0.1, 0.15) is 0 Å². The molecule has 0 bridgehead atoms. The van der Waals surface area contributed by atoms with Gasteiger partial charge in [-0.1, -0.05) is 0 Å². The lowest BCUT2D eigenvalue weighted by Crippen LogP contribution is -2.65. The third-order valence-corrected chi connectivity index (χ3v) is 1.35. The first kappa shape index (κ1) is 7.30. The van der Waals surface area contributed by atoms with E-state index in [9.17, 15) is 4.79 Å². The van der Waals surface area contributed by atoms with Crippen molar-refractivity contribution in [3.05, 3.63) is 0 Å². The van der Waals surface area contributed by atoms with E-state index in [1.807, 2.05) is 6.92 Å². The molecule has 2 N–H and O–H groups in total. The molecule has 1 aliphatic rings. The third kappa shape index (κ3) is 1.19. The van der Waals surface area contributed by atoms with Gasteiger partial charge in [0.25, 0.3) is 0 Å². The van der Waals surface area contributed by atoms with E-state index >= 15 is 0 Å². The predicted molar refractivity (Wildman–Crippen MR) is 36.7 cm³/mol. The fourth-order valence-electron chi connectivity index (χ4n) is 0.945. The number of hydrogen-bond acceptors (Lipinski definition) is 3. The maximum absolute atomic E-state index is 11.0. The molecular weight excluding hydrogens is 132 g/mol. The standard InChI is InChI=1S/C5H12N4O/c1-4-6-8(2)5(10)9(3)7-4/h4,6-7H,1-3H3. The molecule has 10 heavy (non-hydrogen) atoms. The summed E-state index contributed by atoms with van der Waals surface area (Å²) in [7, 11) is 3.38. The molecule has 1 fully saturated rings. The first-order valence-electron chi connectivity index (χ1n) is 3.15. The van der Waals surface area contributed by atoms with Crippen LogP contribution < -0.4 is 10.9 Å². The lowest BCUT2D eigenvalue weighted by molar-refractivity contribution is 0.0643. The van der Waals surface area contributed by atoms with Crippen LogP contribution in [0.3, 0.4) is 0 Å². The lowest BCUT2D eigenvalue weighted by atomic mass is 10.6. The zero-order chi connectivity index (χ0) is 7.72. The van der Waals surface area contributed by atoms with Gasteiger partial charge >= 0.3 is 6.03 Å². The van der Waals surface area contributed by atoms with Crippen molar-refractivity contribution >= 4 is 6.03 Å². The highest BCUT2D eigenvalue weighted by molar-refractivity contribution is 5.73. The van der Waals surface area contributed by atoms with Crippen LogP contribution >= 0.6 is 0 Å². The molecule has 0 radical (unpaired) electrons. The summed E-state index contributed by atoms with van der Waals surface area (Å²) >= 11 is 0. The maximum Gasteiger partial charge on any atom is 0.348 e. The highest BCUT2D eigenvalue weighted by Crippen LogP contribution is 1.94. The van der Waals surface area contributed by atoms with E-state index in [2.05, 4.69) is 10.9 Å². The summed E-state index contributed by atoms with van der Waals surface area (Å²) in [5, 5.41) is 2.89. The summed E-state index contributed by atoms with van der Waals surface area (Å²) in [6.45, 7) is 1.93. The van der Waals surface area contributed by atoms with Gasteiger partial charge in [-0.2, -0.15) is 0 Å². The van der Waals surface area contributed by atoms with Crippen LogP contribution in [-0.4, -0.2) is 36.3 Å². The Balaban J connectivity index is 2.57. The molecule has 1 rings (SSSR count). The Labute approximate surface area is 59.9 Å². The predicted octanol–water partition coefficient (Wildman–Crippen LogP) is -0.661. The molecule has 0 aromatic heterocycles. The number of hydrogen-bond donors (Lipinski definition) is 2. The Morgan fingerprint density at radius 3 is 2.10 bits per heavy atom. The quantitative estimate of drug-likeness (QED) is 0.474. The van der Waals surface area contributed by atoms with Crippen LogP contribution in [-0.2, 0) is 0 Å². The minimum atomic E-state index is -0.0851. The van der Waals surface area contributed by atoms with Crippen LogP contribution in [0, 0.1) is 0 Å². The topological polar surface area (TPSA) is 47.6 Å². The lowest BCUT2D eigenvalue weighted by Gasteiger charge is -2.36. The van der Waals surface area contributed by atoms with Crippen molar-refractivity contribution in [1.29, 1.82) is 0 Å². The molecule has 58 valence electrons. The number of rotatable bonds is 0. The van der Waals surface area contributed by atoms with Gasteiger partial charge in [-0.05, 0) is 6.92 Å². The third-order valence-electron chi connectivity index (χ3n) is 1.35. The zero-order valence-electron chi connectivity index (χ0n) is 6.38. The molecule has 0 spiro atoms. The van der Waals surface area contributed by atoms with Crippen LogP contribution in [0.1, 0.15) is 6.92 Å². The summed E-state index contributed by atoms with van der Waals surface area (Å²) in [5.74, 6) is 0. The molecule has 0 aliphatic carbocycles. The van der Waals surface area contributed by atoms with E-state index in [-0.39, 0.29) is 12.2 Å². The number of nitrogens with one attached hydrogen (secondary N) is 2. The Bertz CT molecular complexity index is 135. The summed E-state index contributed by atoms with van der Waals surface area (Å²) in [6.07, 6.45) is 0.104. The number of hydrazine groups is 2. The van der Waals surface area contributed by atoms with Gasteiger partial charge in [-0.15, -0.1) is 0 Å². The normalized spacial score (nSPS) is 22.1. The molecule has 1 aliphatic heterocycles. The van der Waals surface area contributed by atoms with Gasteiger partial charge in [-0.3, -0.25) is 10.0 Å². The van der Waals surface area contributed by atoms with Gasteiger partial charge in [0.05, 0.1) is 6.17 Å². The molecule has 5 heteroatoms. The Morgan fingerprint density at radius 1 is 1.30 bits per heavy atom. The van der Waals surface area contributed by atoms with Crippen molar-refractivity contribution in [2.24, 2.45) is 0 Å². The Hall–Kier alpha value is -0.810. The largest absolute Gasteiger partial charge is 0.348 e. The van der Waals surface area contributed by atoms with Crippen molar-refractivity contribution in [2.75, 3.05) is 14.1 Å². The second-order valence-corrected chi connectivity index (χ2v) is 2.38. The average molecular weight is 144 g/mol. The molecular formula is C5H12N4O. The molecule has 1 heterocycles. The van der Waals surface area contributed by atoms with E-state index in [4.69, 9.17) is 0 Å². The molecule has 0 saturated carbocycles. The summed E-state index contributed by atoms with van der Waals surface area (Å²) in [6, 6.07) is -0.0851. The van der Waals surface area contributed by atoms with Crippen LogP contribution in [0.2, 0.25) is 0 Å². The van der Waals surface area contributed by atoms with Crippen molar-refractivity contribution in [2.45, 2.75) is 13.1 Å². The van der Waals surface area contributed by atoms with Crippen LogP contribution in [0.15, 0.2) is 0 Å². The van der Waals surface area contributed by atoms with Gasteiger partial charge in [0, 0.05) is 14.1 Å². The molecule has 0 atom stereocenters. The molecule has 2 amide bonds. The van der Waals surface area contributed by atoms with Crippen molar-refractivity contribution in [3.8, 4) is 0 Å². The first-order valence-corrected chi connectivity index (χ1v) is 3.15. The molecule has 5 nitrogen and oxygen atoms in total. The van der Waals surface area contributed by atoms with Crippen molar-refractivity contribution in [3.63, 3.8) is 0 Å². The molecule has 0 aromatic rings. The highest BCUT2D eigenvalue weighted by Gasteiger charge is 2.22. The molecule has 0 aromatic carbocycles. The monoisotopic (exact) mass is 144 g/mol. The van der Waals surface area contributed by atoms with Gasteiger partial charge in [-0.25, -0.2) is 15.6 Å². The zero-order valence-corrected chi connectivity index (χ0v) is 6.38. The minimum Gasteiger partial charge on any atom is -0.260 e. The first-order chi connectivity index (χ1) is 4.61. The summed E-state index contributed by atoms with van der Waals surface area (Å²) < 4.78 is 0. The van der Waals surface area contributed by atoms with E-state index in [1.54, 1.807) is 14.1 Å².